The molecule has 172 valence electrons. The van der Waals surface area contributed by atoms with E-state index < -0.39 is 11.7 Å². The molecule has 0 bridgehead atoms. The fourth-order valence-electron chi connectivity index (χ4n) is 3.09. The number of benzene rings is 3. The molecule has 0 aliphatic carbocycles. The number of hydrogen-bond acceptors (Lipinski definition) is 5. The van der Waals surface area contributed by atoms with Gasteiger partial charge in [0.05, 0.1) is 30.7 Å². The molecule has 33 heavy (non-hydrogen) atoms. The zero-order valence-electron chi connectivity index (χ0n) is 18.6. The minimum absolute atomic E-state index is 0.0326. The van der Waals surface area contributed by atoms with Crippen molar-refractivity contribution in [1.29, 1.82) is 0 Å². The maximum absolute atomic E-state index is 13.9. The number of carbonyl (C=O) groups is 2. The Balaban J connectivity index is 1.69. The fraction of sp³-hybridized carbons (Fsp3) is 0.200. The molecule has 3 rings (SSSR count). The monoisotopic (exact) mass is 468 g/mol. The molecule has 0 saturated carbocycles. The Morgan fingerprint density at radius 1 is 0.970 bits per heavy atom. The van der Waals surface area contributed by atoms with Crippen LogP contribution < -0.4 is 20.1 Å². The third-order valence-electron chi connectivity index (χ3n) is 4.82. The fourth-order valence-corrected chi connectivity index (χ4v) is 4.11. The second-order valence-electron chi connectivity index (χ2n) is 7.03. The van der Waals surface area contributed by atoms with Gasteiger partial charge in [0.2, 0.25) is 5.91 Å². The summed E-state index contributed by atoms with van der Waals surface area (Å²) in [5.41, 5.74) is 1.03. The number of nitrogens with one attached hydrogen (secondary N) is 2. The predicted molar refractivity (Wildman–Crippen MR) is 129 cm³/mol. The first-order chi connectivity index (χ1) is 15.9. The van der Waals surface area contributed by atoms with Crippen LogP contribution in [-0.2, 0) is 4.79 Å². The molecule has 0 aromatic heterocycles. The van der Waals surface area contributed by atoms with Gasteiger partial charge in [-0.05, 0) is 48.9 Å². The summed E-state index contributed by atoms with van der Waals surface area (Å²) in [4.78, 5) is 26.1. The molecule has 1 unspecified atom stereocenters. The molecule has 0 spiro atoms. The van der Waals surface area contributed by atoms with E-state index in [1.807, 2.05) is 13.0 Å². The Labute approximate surface area is 196 Å². The van der Waals surface area contributed by atoms with Crippen LogP contribution in [0.1, 0.15) is 23.7 Å². The summed E-state index contributed by atoms with van der Waals surface area (Å²) in [6.07, 6.45) is 0.584. The lowest BCUT2D eigenvalue weighted by molar-refractivity contribution is -0.115. The van der Waals surface area contributed by atoms with Crippen molar-refractivity contribution in [3.8, 4) is 11.5 Å². The zero-order chi connectivity index (χ0) is 23.8. The van der Waals surface area contributed by atoms with E-state index in [4.69, 9.17) is 9.47 Å². The van der Waals surface area contributed by atoms with Crippen LogP contribution in [-0.4, -0.2) is 31.3 Å². The third kappa shape index (κ3) is 6.26. The Bertz CT molecular complexity index is 1140. The highest BCUT2D eigenvalue weighted by molar-refractivity contribution is 8.00. The SMILES string of the molecule is CCC(Sc1cccc(NC(=O)c2ccccc2F)c1)C(=O)Nc1ccc(OC)cc1OC. The van der Waals surface area contributed by atoms with Crippen molar-refractivity contribution in [2.75, 3.05) is 24.9 Å². The topological polar surface area (TPSA) is 76.7 Å². The Hall–Kier alpha value is -3.52. The maximum Gasteiger partial charge on any atom is 0.258 e. The number of hydrogen-bond donors (Lipinski definition) is 2. The number of anilines is 2. The van der Waals surface area contributed by atoms with Crippen molar-refractivity contribution in [1.82, 2.24) is 0 Å². The van der Waals surface area contributed by atoms with E-state index in [0.29, 0.717) is 29.3 Å². The number of halogens is 1. The van der Waals surface area contributed by atoms with Gasteiger partial charge in [-0.1, -0.05) is 25.1 Å². The molecule has 6 nitrogen and oxygen atoms in total. The summed E-state index contributed by atoms with van der Waals surface area (Å²) in [5, 5.41) is 5.23. The van der Waals surface area contributed by atoms with Gasteiger partial charge < -0.3 is 20.1 Å². The van der Waals surface area contributed by atoms with Crippen LogP contribution in [0.25, 0.3) is 0 Å². The molecular formula is C25H25FN2O4S. The van der Waals surface area contributed by atoms with Crippen molar-refractivity contribution in [2.24, 2.45) is 0 Å². The smallest absolute Gasteiger partial charge is 0.258 e. The van der Waals surface area contributed by atoms with Crippen LogP contribution in [0.2, 0.25) is 0 Å². The van der Waals surface area contributed by atoms with Crippen LogP contribution in [0, 0.1) is 5.82 Å². The highest BCUT2D eigenvalue weighted by atomic mass is 32.2. The first-order valence-electron chi connectivity index (χ1n) is 10.3. The molecular weight excluding hydrogens is 443 g/mol. The summed E-state index contributed by atoms with van der Waals surface area (Å²) >= 11 is 1.37. The summed E-state index contributed by atoms with van der Waals surface area (Å²) in [5.74, 6) is -0.170. The normalized spacial score (nSPS) is 11.4. The second kappa shape index (κ2) is 11.4. The van der Waals surface area contributed by atoms with Gasteiger partial charge in [-0.3, -0.25) is 9.59 Å². The Kier molecular flexibility index (Phi) is 8.32. The average molecular weight is 469 g/mol. The van der Waals surface area contributed by atoms with Crippen LogP contribution >= 0.6 is 11.8 Å². The highest BCUT2D eigenvalue weighted by Gasteiger charge is 2.20. The minimum atomic E-state index is -0.586. The van der Waals surface area contributed by atoms with Gasteiger partial charge in [0.1, 0.15) is 17.3 Å². The Morgan fingerprint density at radius 3 is 2.45 bits per heavy atom. The lowest BCUT2D eigenvalue weighted by atomic mass is 10.2. The number of amides is 2. The number of ether oxygens (including phenoxy) is 2. The van der Waals surface area contributed by atoms with Crippen molar-refractivity contribution < 1.29 is 23.5 Å². The van der Waals surface area contributed by atoms with Crippen LogP contribution in [0.15, 0.2) is 71.6 Å². The molecule has 3 aromatic carbocycles. The van der Waals surface area contributed by atoms with Gasteiger partial charge in [-0.15, -0.1) is 11.8 Å². The average Bonchev–Trinajstić information content (AvgIpc) is 2.83. The number of rotatable bonds is 9. The summed E-state index contributed by atoms with van der Waals surface area (Å²) < 4.78 is 24.4. The van der Waals surface area contributed by atoms with Crippen LogP contribution in [0.3, 0.4) is 0 Å². The van der Waals surface area contributed by atoms with Crippen molar-refractivity contribution in [3.63, 3.8) is 0 Å². The molecule has 0 radical (unpaired) electrons. The van der Waals surface area contributed by atoms with E-state index in [9.17, 15) is 14.0 Å². The van der Waals surface area contributed by atoms with E-state index in [-0.39, 0.29) is 16.7 Å². The first kappa shape index (κ1) is 24.1. The van der Waals surface area contributed by atoms with Gasteiger partial charge in [0.25, 0.3) is 5.91 Å². The summed E-state index contributed by atoms with van der Waals surface area (Å²) in [6.45, 7) is 1.92. The molecule has 2 amide bonds. The molecule has 0 heterocycles. The number of methoxy groups -OCH3 is 2. The van der Waals surface area contributed by atoms with Gasteiger partial charge in [-0.2, -0.15) is 0 Å². The van der Waals surface area contributed by atoms with Crippen LogP contribution in [0.4, 0.5) is 15.8 Å². The first-order valence-corrected chi connectivity index (χ1v) is 11.2. The molecule has 3 aromatic rings. The quantitative estimate of drug-likeness (QED) is 0.400. The molecule has 1 atom stereocenters. The molecule has 0 saturated heterocycles. The molecule has 0 fully saturated rings. The van der Waals surface area contributed by atoms with E-state index >= 15 is 0 Å². The standard InChI is InChI=1S/C25H25FN2O4S/c1-4-23(25(30)28-21-13-12-17(31-2)15-22(21)32-3)33-18-9-7-8-16(14-18)27-24(29)19-10-5-6-11-20(19)26/h5-15,23H,4H2,1-3H3,(H,27,29)(H,28,30). The summed E-state index contributed by atoms with van der Waals surface area (Å²) in [6, 6.07) is 18.1. The van der Waals surface area contributed by atoms with Crippen LogP contribution in [0.5, 0.6) is 11.5 Å². The number of carbonyl (C=O) groups excluding carboxylic acids is 2. The Morgan fingerprint density at radius 2 is 1.76 bits per heavy atom. The largest absolute Gasteiger partial charge is 0.497 e. The molecule has 0 aliphatic rings. The lowest BCUT2D eigenvalue weighted by Crippen LogP contribution is -2.24. The van der Waals surface area contributed by atoms with E-state index in [2.05, 4.69) is 10.6 Å². The van der Waals surface area contributed by atoms with E-state index in [0.717, 1.165) is 4.90 Å². The van der Waals surface area contributed by atoms with Crippen molar-refractivity contribution in [2.45, 2.75) is 23.5 Å². The zero-order valence-corrected chi connectivity index (χ0v) is 19.4. The van der Waals surface area contributed by atoms with E-state index in [1.165, 1.54) is 37.1 Å². The second-order valence-corrected chi connectivity index (χ2v) is 8.31. The van der Waals surface area contributed by atoms with Crippen molar-refractivity contribution >= 4 is 35.0 Å². The molecule has 8 heteroatoms. The third-order valence-corrected chi connectivity index (χ3v) is 6.18. The molecule has 0 aliphatic heterocycles. The molecule has 2 N–H and O–H groups in total. The summed E-state index contributed by atoms with van der Waals surface area (Å²) in [7, 11) is 3.08. The highest BCUT2D eigenvalue weighted by Crippen LogP contribution is 2.32. The van der Waals surface area contributed by atoms with E-state index in [1.54, 1.807) is 49.6 Å². The lowest BCUT2D eigenvalue weighted by Gasteiger charge is -2.17. The maximum atomic E-state index is 13.9. The predicted octanol–water partition coefficient (Wildman–Crippen LogP) is 5.60. The number of thioether (sulfide) groups is 1. The van der Waals surface area contributed by atoms with Gasteiger partial charge in [0, 0.05) is 16.6 Å². The van der Waals surface area contributed by atoms with Gasteiger partial charge in [0.15, 0.2) is 0 Å². The van der Waals surface area contributed by atoms with Gasteiger partial charge >= 0.3 is 0 Å². The van der Waals surface area contributed by atoms with Crippen molar-refractivity contribution in [3.05, 3.63) is 78.1 Å². The minimum Gasteiger partial charge on any atom is -0.497 e. The van der Waals surface area contributed by atoms with Gasteiger partial charge in [-0.25, -0.2) is 4.39 Å².